The van der Waals surface area contributed by atoms with Gasteiger partial charge in [-0.1, -0.05) is 0 Å². The Bertz CT molecular complexity index is 425. The van der Waals surface area contributed by atoms with Crippen LogP contribution in [0.3, 0.4) is 0 Å². The SMILES string of the molecule is CC(NS(=O)(=O)CCCN)C12CC3CC(CC(C3)C1)C2. The summed E-state index contributed by atoms with van der Waals surface area (Å²) in [4.78, 5) is 0. The molecule has 4 bridgehead atoms. The lowest BCUT2D eigenvalue weighted by Gasteiger charge is -2.59. The summed E-state index contributed by atoms with van der Waals surface area (Å²) >= 11 is 0. The summed E-state index contributed by atoms with van der Waals surface area (Å²) in [7, 11) is -3.17. The average Bonchev–Trinajstić information content (AvgIpc) is 2.34. The van der Waals surface area contributed by atoms with E-state index in [2.05, 4.69) is 11.6 Å². The van der Waals surface area contributed by atoms with Crippen molar-refractivity contribution in [3.05, 3.63) is 0 Å². The molecular formula is C15H28N2O2S. The molecule has 4 aliphatic rings. The highest BCUT2D eigenvalue weighted by atomic mass is 32.2. The van der Waals surface area contributed by atoms with Gasteiger partial charge in [0.05, 0.1) is 5.75 Å². The summed E-state index contributed by atoms with van der Waals surface area (Å²) < 4.78 is 27.2. The molecule has 3 N–H and O–H groups in total. The van der Waals surface area contributed by atoms with Gasteiger partial charge in [0.25, 0.3) is 0 Å². The van der Waals surface area contributed by atoms with Crippen molar-refractivity contribution in [2.75, 3.05) is 12.3 Å². The van der Waals surface area contributed by atoms with Crippen molar-refractivity contribution in [2.45, 2.75) is 57.9 Å². The Hall–Kier alpha value is -0.130. The Morgan fingerprint density at radius 2 is 1.65 bits per heavy atom. The molecular weight excluding hydrogens is 272 g/mol. The largest absolute Gasteiger partial charge is 0.330 e. The number of rotatable bonds is 6. The number of hydrogen-bond acceptors (Lipinski definition) is 3. The number of nitrogens with one attached hydrogen (secondary N) is 1. The molecule has 0 amide bonds. The third kappa shape index (κ3) is 2.77. The Morgan fingerprint density at radius 3 is 2.10 bits per heavy atom. The van der Waals surface area contributed by atoms with E-state index in [-0.39, 0.29) is 17.2 Å². The van der Waals surface area contributed by atoms with Crippen LogP contribution in [-0.4, -0.2) is 26.8 Å². The Balaban J connectivity index is 1.69. The Kier molecular flexibility index (Phi) is 3.89. The summed E-state index contributed by atoms with van der Waals surface area (Å²) in [5.74, 6) is 2.74. The van der Waals surface area contributed by atoms with Gasteiger partial charge in [-0.2, -0.15) is 0 Å². The molecule has 116 valence electrons. The zero-order valence-electron chi connectivity index (χ0n) is 12.5. The smallest absolute Gasteiger partial charge is 0.211 e. The van der Waals surface area contributed by atoms with E-state index in [1.165, 1.54) is 38.5 Å². The second-order valence-corrected chi connectivity index (χ2v) is 9.45. The fraction of sp³-hybridized carbons (Fsp3) is 1.00. The maximum atomic E-state index is 12.1. The first-order valence-electron chi connectivity index (χ1n) is 8.12. The quantitative estimate of drug-likeness (QED) is 0.786. The minimum Gasteiger partial charge on any atom is -0.330 e. The third-order valence-electron chi connectivity index (χ3n) is 5.98. The predicted octanol–water partition coefficient (Wildman–Crippen LogP) is 1.86. The summed E-state index contributed by atoms with van der Waals surface area (Å²) in [5, 5.41) is 0. The van der Waals surface area contributed by atoms with E-state index >= 15 is 0 Å². The molecule has 1 atom stereocenters. The molecule has 0 radical (unpaired) electrons. The van der Waals surface area contributed by atoms with E-state index in [4.69, 9.17) is 5.73 Å². The molecule has 0 aromatic carbocycles. The maximum absolute atomic E-state index is 12.1. The fourth-order valence-corrected chi connectivity index (χ4v) is 6.89. The molecule has 0 heterocycles. The van der Waals surface area contributed by atoms with Gasteiger partial charge in [-0.05, 0) is 81.6 Å². The standard InChI is InChI=1S/C15H28N2O2S/c1-11(17-20(18,19)4-2-3-16)15-8-12-5-13(9-15)7-14(6-12)10-15/h11-14,17H,2-10,16H2,1H3. The minimum absolute atomic E-state index is 0.0821. The van der Waals surface area contributed by atoms with Crippen LogP contribution in [0.4, 0.5) is 0 Å². The number of nitrogens with two attached hydrogens (primary N) is 1. The summed E-state index contributed by atoms with van der Waals surface area (Å²) in [6.07, 6.45) is 8.44. The number of hydrogen-bond donors (Lipinski definition) is 2. The van der Waals surface area contributed by atoms with Crippen molar-refractivity contribution in [1.29, 1.82) is 0 Å². The molecule has 4 rings (SSSR count). The van der Waals surface area contributed by atoms with Crippen LogP contribution in [0.15, 0.2) is 0 Å². The first-order chi connectivity index (χ1) is 9.42. The summed E-state index contributed by atoms with van der Waals surface area (Å²) in [6, 6.07) is 0.0821. The van der Waals surface area contributed by atoms with Crippen molar-refractivity contribution in [3.8, 4) is 0 Å². The van der Waals surface area contributed by atoms with Crippen molar-refractivity contribution < 1.29 is 8.42 Å². The predicted molar refractivity (Wildman–Crippen MR) is 80.7 cm³/mol. The molecule has 0 aliphatic heterocycles. The van der Waals surface area contributed by atoms with Crippen LogP contribution in [0.2, 0.25) is 0 Å². The highest BCUT2D eigenvalue weighted by Crippen LogP contribution is 2.61. The lowest BCUT2D eigenvalue weighted by atomic mass is 9.48. The molecule has 4 saturated carbocycles. The zero-order valence-corrected chi connectivity index (χ0v) is 13.3. The van der Waals surface area contributed by atoms with E-state index < -0.39 is 10.0 Å². The van der Waals surface area contributed by atoms with Gasteiger partial charge < -0.3 is 5.73 Å². The van der Waals surface area contributed by atoms with Crippen molar-refractivity contribution in [2.24, 2.45) is 28.9 Å². The summed E-state index contributed by atoms with van der Waals surface area (Å²) in [6.45, 7) is 2.53. The second-order valence-electron chi connectivity index (χ2n) is 7.58. The Morgan fingerprint density at radius 1 is 1.15 bits per heavy atom. The van der Waals surface area contributed by atoms with Crippen LogP contribution < -0.4 is 10.5 Å². The van der Waals surface area contributed by atoms with Gasteiger partial charge in [0.15, 0.2) is 0 Å². The topological polar surface area (TPSA) is 72.2 Å². The highest BCUT2D eigenvalue weighted by molar-refractivity contribution is 7.89. The molecule has 4 aliphatic carbocycles. The van der Waals surface area contributed by atoms with Crippen LogP contribution in [-0.2, 0) is 10.0 Å². The lowest BCUT2D eigenvalue weighted by Crippen LogP contribution is -2.56. The normalized spacial score (nSPS) is 41.0. The van der Waals surface area contributed by atoms with Crippen LogP contribution in [0.5, 0.6) is 0 Å². The molecule has 0 aromatic rings. The minimum atomic E-state index is -3.17. The van der Waals surface area contributed by atoms with Crippen molar-refractivity contribution in [1.82, 2.24) is 4.72 Å². The Labute approximate surface area is 122 Å². The number of sulfonamides is 1. The zero-order chi connectivity index (χ0) is 14.4. The van der Waals surface area contributed by atoms with Crippen LogP contribution in [0.25, 0.3) is 0 Å². The molecule has 1 unspecified atom stereocenters. The van der Waals surface area contributed by atoms with E-state index in [9.17, 15) is 8.42 Å². The molecule has 0 aromatic heterocycles. The molecule has 4 fully saturated rings. The van der Waals surface area contributed by atoms with Gasteiger partial charge in [0, 0.05) is 6.04 Å². The monoisotopic (exact) mass is 300 g/mol. The van der Waals surface area contributed by atoms with Crippen LogP contribution >= 0.6 is 0 Å². The first-order valence-corrected chi connectivity index (χ1v) is 9.78. The van der Waals surface area contributed by atoms with E-state index in [1.54, 1.807) is 0 Å². The van der Waals surface area contributed by atoms with Gasteiger partial charge in [0.2, 0.25) is 10.0 Å². The molecule has 0 saturated heterocycles. The summed E-state index contributed by atoms with van der Waals surface area (Å²) in [5.41, 5.74) is 5.66. The van der Waals surface area contributed by atoms with Gasteiger partial charge in [0.1, 0.15) is 0 Å². The molecule has 5 heteroatoms. The van der Waals surface area contributed by atoms with E-state index in [0.29, 0.717) is 13.0 Å². The molecule has 0 spiro atoms. The lowest BCUT2D eigenvalue weighted by molar-refractivity contribution is -0.0666. The second kappa shape index (κ2) is 5.25. The molecule has 20 heavy (non-hydrogen) atoms. The third-order valence-corrected chi connectivity index (χ3v) is 7.52. The van der Waals surface area contributed by atoms with Crippen molar-refractivity contribution >= 4 is 10.0 Å². The van der Waals surface area contributed by atoms with Gasteiger partial charge >= 0.3 is 0 Å². The van der Waals surface area contributed by atoms with Crippen molar-refractivity contribution in [3.63, 3.8) is 0 Å². The van der Waals surface area contributed by atoms with Crippen LogP contribution in [0.1, 0.15) is 51.9 Å². The van der Waals surface area contributed by atoms with Gasteiger partial charge in [-0.25, -0.2) is 13.1 Å². The maximum Gasteiger partial charge on any atom is 0.211 e. The van der Waals surface area contributed by atoms with Gasteiger partial charge in [-0.3, -0.25) is 0 Å². The molecule has 4 nitrogen and oxygen atoms in total. The first kappa shape index (κ1) is 14.8. The fourth-order valence-electron chi connectivity index (χ4n) is 5.43. The van der Waals surface area contributed by atoms with Crippen LogP contribution in [0, 0.1) is 23.2 Å². The van der Waals surface area contributed by atoms with Gasteiger partial charge in [-0.15, -0.1) is 0 Å². The highest BCUT2D eigenvalue weighted by Gasteiger charge is 2.53. The van der Waals surface area contributed by atoms with E-state index in [1.807, 2.05) is 0 Å². The van der Waals surface area contributed by atoms with E-state index in [0.717, 1.165) is 17.8 Å². The average molecular weight is 300 g/mol.